The number of carbonyl (C=O) groups excluding carboxylic acids is 1. The van der Waals surface area contributed by atoms with Gasteiger partial charge in [0.15, 0.2) is 0 Å². The van der Waals surface area contributed by atoms with Gasteiger partial charge >= 0.3 is 0 Å². The molecule has 8 heteroatoms. The van der Waals surface area contributed by atoms with E-state index in [1.807, 2.05) is 30.3 Å². The van der Waals surface area contributed by atoms with Crippen LogP contribution in [0.4, 0.5) is 0 Å². The minimum Gasteiger partial charge on any atom is -0.388 e. The Kier molecular flexibility index (Phi) is 6.26. The molecule has 4 rings (SSSR count). The van der Waals surface area contributed by atoms with Crippen molar-refractivity contribution in [2.24, 2.45) is 0 Å². The van der Waals surface area contributed by atoms with Gasteiger partial charge < -0.3 is 19.7 Å². The van der Waals surface area contributed by atoms with E-state index in [-0.39, 0.29) is 17.2 Å². The summed E-state index contributed by atoms with van der Waals surface area (Å²) in [7, 11) is 0. The zero-order valence-corrected chi connectivity index (χ0v) is 17.0. The Morgan fingerprint density at radius 1 is 1.13 bits per heavy atom. The molecular weight excluding hydrogens is 384 g/mol. The average Bonchev–Trinajstić information content (AvgIpc) is 2.95. The molecule has 1 aromatic heterocycles. The van der Waals surface area contributed by atoms with E-state index >= 15 is 0 Å². The molecule has 0 bridgehead atoms. The van der Waals surface area contributed by atoms with E-state index in [0.717, 1.165) is 18.7 Å². The third-order valence-electron chi connectivity index (χ3n) is 5.83. The number of morpholine rings is 1. The van der Waals surface area contributed by atoms with Crippen LogP contribution in [0.3, 0.4) is 0 Å². The second-order valence-corrected chi connectivity index (χ2v) is 8.10. The van der Waals surface area contributed by atoms with Gasteiger partial charge in [-0.05, 0) is 19.3 Å². The van der Waals surface area contributed by atoms with Gasteiger partial charge in [0.05, 0.1) is 18.8 Å². The van der Waals surface area contributed by atoms with Gasteiger partial charge in [0, 0.05) is 44.4 Å². The van der Waals surface area contributed by atoms with Gasteiger partial charge in [-0.2, -0.15) is 0 Å². The van der Waals surface area contributed by atoms with Crippen LogP contribution in [0, 0.1) is 0 Å². The molecular formula is C22H28N4O4. The first-order valence-electron chi connectivity index (χ1n) is 10.5. The third kappa shape index (κ3) is 4.95. The van der Waals surface area contributed by atoms with Crippen LogP contribution in [0.25, 0.3) is 11.4 Å². The first kappa shape index (κ1) is 20.7. The Morgan fingerprint density at radius 3 is 2.67 bits per heavy atom. The molecule has 3 heterocycles. The highest BCUT2D eigenvalue weighted by molar-refractivity contribution is 5.92. The van der Waals surface area contributed by atoms with E-state index in [0.29, 0.717) is 57.9 Å². The van der Waals surface area contributed by atoms with Crippen molar-refractivity contribution in [3.63, 3.8) is 0 Å². The molecule has 160 valence electrons. The van der Waals surface area contributed by atoms with E-state index in [2.05, 4.69) is 14.9 Å². The first-order chi connectivity index (χ1) is 14.5. The number of amides is 1. The van der Waals surface area contributed by atoms with E-state index in [1.165, 1.54) is 6.07 Å². The maximum absolute atomic E-state index is 13.1. The van der Waals surface area contributed by atoms with Crippen LogP contribution in [0.2, 0.25) is 0 Å². The summed E-state index contributed by atoms with van der Waals surface area (Å²) >= 11 is 0. The first-order valence-corrected chi connectivity index (χ1v) is 10.5. The largest absolute Gasteiger partial charge is 0.388 e. The molecule has 2 aromatic rings. The summed E-state index contributed by atoms with van der Waals surface area (Å²) in [5, 5.41) is 11.1. The fraction of sp³-hybridized carbons (Fsp3) is 0.500. The molecule has 2 aliphatic rings. The number of hydrogen-bond acceptors (Lipinski definition) is 6. The smallest absolute Gasteiger partial charge is 0.272 e. The van der Waals surface area contributed by atoms with Crippen molar-refractivity contribution >= 4 is 5.91 Å². The summed E-state index contributed by atoms with van der Waals surface area (Å²) in [5.74, 6) is 0.110. The molecule has 0 aliphatic carbocycles. The van der Waals surface area contributed by atoms with E-state index in [9.17, 15) is 14.7 Å². The lowest BCUT2D eigenvalue weighted by Gasteiger charge is -2.35. The predicted molar refractivity (Wildman–Crippen MR) is 112 cm³/mol. The summed E-state index contributed by atoms with van der Waals surface area (Å²) in [5.41, 5.74) is -0.287. The molecule has 30 heavy (non-hydrogen) atoms. The minimum absolute atomic E-state index is 0.135. The van der Waals surface area contributed by atoms with Crippen LogP contribution in [0.1, 0.15) is 29.8 Å². The fourth-order valence-electron chi connectivity index (χ4n) is 4.18. The third-order valence-corrected chi connectivity index (χ3v) is 5.83. The highest BCUT2D eigenvalue weighted by Crippen LogP contribution is 2.25. The van der Waals surface area contributed by atoms with Crippen LogP contribution in [-0.2, 0) is 4.74 Å². The van der Waals surface area contributed by atoms with Gasteiger partial charge in [-0.1, -0.05) is 30.3 Å². The molecule has 0 radical (unpaired) electrons. The average molecular weight is 412 g/mol. The van der Waals surface area contributed by atoms with Crippen LogP contribution in [-0.4, -0.2) is 82.3 Å². The number of rotatable bonds is 4. The van der Waals surface area contributed by atoms with Crippen molar-refractivity contribution in [1.29, 1.82) is 0 Å². The molecule has 0 unspecified atom stereocenters. The number of hydrogen-bond donors (Lipinski definition) is 2. The van der Waals surface area contributed by atoms with Gasteiger partial charge in [0.2, 0.25) is 0 Å². The molecule has 2 saturated heterocycles. The molecule has 0 saturated carbocycles. The number of aromatic nitrogens is 2. The number of H-pyrrole nitrogens is 1. The summed E-state index contributed by atoms with van der Waals surface area (Å²) in [4.78, 5) is 36.3. The van der Waals surface area contributed by atoms with Crippen LogP contribution >= 0.6 is 0 Å². The lowest BCUT2D eigenvalue weighted by atomic mass is 9.94. The Bertz CT molecular complexity index is 926. The summed E-state index contributed by atoms with van der Waals surface area (Å²) in [6.07, 6.45) is 1.86. The number of β-amino-alcohol motifs (C(OH)–C–C–N with tert-alkyl or cyclic N) is 1. The number of nitrogens with zero attached hydrogens (tertiary/aromatic N) is 3. The molecule has 1 amide bonds. The van der Waals surface area contributed by atoms with E-state index < -0.39 is 5.60 Å². The zero-order valence-electron chi connectivity index (χ0n) is 17.0. The number of aliphatic hydroxyl groups is 1. The zero-order chi connectivity index (χ0) is 21.0. The number of benzene rings is 1. The van der Waals surface area contributed by atoms with E-state index in [4.69, 9.17) is 4.74 Å². The molecule has 2 N–H and O–H groups in total. The molecule has 1 atom stereocenters. The van der Waals surface area contributed by atoms with Crippen molar-refractivity contribution in [1.82, 2.24) is 19.8 Å². The number of carbonyl (C=O) groups is 1. The number of likely N-dealkylation sites (tertiary alicyclic amines) is 1. The normalized spacial score (nSPS) is 23.2. The quantitative estimate of drug-likeness (QED) is 0.781. The van der Waals surface area contributed by atoms with Crippen molar-refractivity contribution in [3.8, 4) is 11.4 Å². The van der Waals surface area contributed by atoms with Gasteiger partial charge in [-0.3, -0.25) is 14.5 Å². The molecule has 0 spiro atoms. The van der Waals surface area contributed by atoms with Crippen molar-refractivity contribution in [3.05, 3.63) is 52.4 Å². The van der Waals surface area contributed by atoms with Gasteiger partial charge in [0.25, 0.3) is 11.5 Å². The number of nitrogens with one attached hydrogen (secondary N) is 1. The lowest BCUT2D eigenvalue weighted by molar-refractivity contribution is -0.0389. The summed E-state index contributed by atoms with van der Waals surface area (Å²) in [6.45, 7) is 4.61. The molecule has 2 fully saturated rings. The Labute approximate surface area is 175 Å². The molecule has 2 aliphatic heterocycles. The van der Waals surface area contributed by atoms with Gasteiger partial charge in [0.1, 0.15) is 11.5 Å². The Balaban J connectivity index is 1.46. The SMILES string of the molecule is O=C(c1cc(=O)[nH]c(-c2ccccc2)n1)N1CCC[C@@](O)(CN2CCOCC2)CC1. The van der Waals surface area contributed by atoms with Crippen molar-refractivity contribution in [2.75, 3.05) is 45.9 Å². The van der Waals surface area contributed by atoms with Gasteiger partial charge in [-0.15, -0.1) is 0 Å². The number of ether oxygens (including phenoxy) is 1. The summed E-state index contributed by atoms with van der Waals surface area (Å²) in [6, 6.07) is 10.5. The maximum Gasteiger partial charge on any atom is 0.272 e. The standard InChI is InChI=1S/C22H28N4O4/c27-19-15-18(23-20(24-19)17-5-2-1-3-6-17)21(28)26-9-4-7-22(29,8-10-26)16-25-11-13-30-14-12-25/h1-3,5-6,15,29H,4,7-14,16H2,(H,23,24,27)/t22-/m0/s1. The second kappa shape index (κ2) is 9.07. The second-order valence-electron chi connectivity index (χ2n) is 8.10. The topological polar surface area (TPSA) is 98.8 Å². The Morgan fingerprint density at radius 2 is 1.90 bits per heavy atom. The van der Waals surface area contributed by atoms with Gasteiger partial charge in [-0.25, -0.2) is 4.98 Å². The highest BCUT2D eigenvalue weighted by Gasteiger charge is 2.34. The predicted octanol–water partition coefficient (Wildman–Crippen LogP) is 1.13. The molecule has 8 nitrogen and oxygen atoms in total. The van der Waals surface area contributed by atoms with Crippen LogP contribution in [0.5, 0.6) is 0 Å². The van der Waals surface area contributed by atoms with Crippen molar-refractivity contribution < 1.29 is 14.6 Å². The summed E-state index contributed by atoms with van der Waals surface area (Å²) < 4.78 is 5.38. The van der Waals surface area contributed by atoms with Crippen LogP contribution < -0.4 is 5.56 Å². The van der Waals surface area contributed by atoms with Crippen molar-refractivity contribution in [2.45, 2.75) is 24.9 Å². The van der Waals surface area contributed by atoms with E-state index in [1.54, 1.807) is 4.90 Å². The van der Waals surface area contributed by atoms with Crippen LogP contribution in [0.15, 0.2) is 41.2 Å². The monoisotopic (exact) mass is 412 g/mol. The lowest BCUT2D eigenvalue weighted by Crippen LogP contribution is -2.48. The maximum atomic E-state index is 13.1. The Hall–Kier alpha value is -2.55. The minimum atomic E-state index is -0.816. The molecule has 1 aromatic carbocycles. The number of aromatic amines is 1. The fourth-order valence-corrected chi connectivity index (χ4v) is 4.18. The highest BCUT2D eigenvalue weighted by atomic mass is 16.5.